The summed E-state index contributed by atoms with van der Waals surface area (Å²) in [6.45, 7) is 0.581. The Morgan fingerprint density at radius 3 is 2.50 bits per heavy atom. The Balaban J connectivity index is 2.15. The zero-order chi connectivity index (χ0) is 14.4. The lowest BCUT2D eigenvalue weighted by atomic mass is 10.1. The number of hydrogen-bond acceptors (Lipinski definition) is 4. The summed E-state index contributed by atoms with van der Waals surface area (Å²) in [5.41, 5.74) is 3.01. The van der Waals surface area contributed by atoms with Gasteiger partial charge in [0.25, 0.3) is 0 Å². The van der Waals surface area contributed by atoms with Gasteiger partial charge in [-0.15, -0.1) is 0 Å². The van der Waals surface area contributed by atoms with Crippen LogP contribution >= 0.6 is 0 Å². The largest absolute Gasteiger partial charge is 0.495 e. The highest BCUT2D eigenvalue weighted by molar-refractivity contribution is 5.59. The quantitative estimate of drug-likeness (QED) is 0.920. The molecule has 4 nitrogen and oxygen atoms in total. The first-order chi connectivity index (χ1) is 9.76. The van der Waals surface area contributed by atoms with Gasteiger partial charge in [-0.25, -0.2) is 0 Å². The van der Waals surface area contributed by atoms with Gasteiger partial charge in [0, 0.05) is 12.6 Å². The maximum Gasteiger partial charge on any atom is 0.143 e. The number of methoxy groups -OCH3 is 1. The summed E-state index contributed by atoms with van der Waals surface area (Å²) in [4.78, 5) is 0. The molecule has 0 atom stereocenters. The first kappa shape index (κ1) is 13.5. The first-order valence-electron chi connectivity index (χ1n) is 6.08. The van der Waals surface area contributed by atoms with E-state index in [0.29, 0.717) is 23.4 Å². The van der Waals surface area contributed by atoms with Crippen molar-refractivity contribution in [2.75, 3.05) is 12.4 Å². The molecule has 0 heterocycles. The van der Waals surface area contributed by atoms with Crippen molar-refractivity contribution in [2.24, 2.45) is 0 Å². The summed E-state index contributed by atoms with van der Waals surface area (Å²) in [7, 11) is 1.57. The summed E-state index contributed by atoms with van der Waals surface area (Å²) in [6.07, 6.45) is 0. The van der Waals surface area contributed by atoms with Crippen molar-refractivity contribution in [2.45, 2.75) is 6.54 Å². The van der Waals surface area contributed by atoms with Crippen LogP contribution in [0.2, 0.25) is 0 Å². The van der Waals surface area contributed by atoms with Gasteiger partial charge in [-0.05, 0) is 29.8 Å². The Labute approximate surface area is 117 Å². The van der Waals surface area contributed by atoms with Gasteiger partial charge in [0.1, 0.15) is 5.75 Å². The van der Waals surface area contributed by atoms with Crippen LogP contribution in [0.15, 0.2) is 42.5 Å². The Morgan fingerprint density at radius 1 is 1.05 bits per heavy atom. The lowest BCUT2D eigenvalue weighted by Gasteiger charge is -2.11. The number of benzene rings is 2. The summed E-state index contributed by atoms with van der Waals surface area (Å²) in [5, 5.41) is 21.0. The third-order valence-electron chi connectivity index (χ3n) is 2.87. The standard InChI is InChI=1S/C16H13N3O/c1-20-16-8-13(10-18)5-6-15(16)19-11-14-4-2-3-12(7-14)9-17/h2-8,19H,11H2,1H3. The van der Waals surface area contributed by atoms with Crippen LogP contribution in [0.25, 0.3) is 0 Å². The minimum Gasteiger partial charge on any atom is -0.495 e. The van der Waals surface area contributed by atoms with E-state index in [4.69, 9.17) is 15.3 Å². The Kier molecular flexibility index (Phi) is 4.21. The van der Waals surface area contributed by atoms with Crippen LogP contribution in [0.3, 0.4) is 0 Å². The molecule has 1 N–H and O–H groups in total. The minimum absolute atomic E-state index is 0.555. The van der Waals surface area contributed by atoms with Crippen molar-refractivity contribution in [1.29, 1.82) is 10.5 Å². The number of nitrogens with one attached hydrogen (secondary N) is 1. The molecule has 2 aromatic carbocycles. The average molecular weight is 263 g/mol. The van der Waals surface area contributed by atoms with Gasteiger partial charge in [0.2, 0.25) is 0 Å². The van der Waals surface area contributed by atoms with Crippen molar-refractivity contribution in [3.63, 3.8) is 0 Å². The molecule has 0 bridgehead atoms. The van der Waals surface area contributed by atoms with E-state index >= 15 is 0 Å². The van der Waals surface area contributed by atoms with Crippen molar-refractivity contribution in [1.82, 2.24) is 0 Å². The number of rotatable bonds is 4. The second kappa shape index (κ2) is 6.26. The minimum atomic E-state index is 0.555. The monoisotopic (exact) mass is 263 g/mol. The van der Waals surface area contributed by atoms with Crippen molar-refractivity contribution >= 4 is 5.69 Å². The highest BCUT2D eigenvalue weighted by Crippen LogP contribution is 2.25. The summed E-state index contributed by atoms with van der Waals surface area (Å²) >= 11 is 0. The maximum atomic E-state index is 8.87. The third-order valence-corrected chi connectivity index (χ3v) is 2.87. The van der Waals surface area contributed by atoms with E-state index in [0.717, 1.165) is 11.3 Å². The second-order valence-corrected chi connectivity index (χ2v) is 4.19. The van der Waals surface area contributed by atoms with Gasteiger partial charge in [-0.2, -0.15) is 10.5 Å². The fourth-order valence-electron chi connectivity index (χ4n) is 1.85. The van der Waals surface area contributed by atoms with E-state index in [1.807, 2.05) is 24.3 Å². The number of nitriles is 2. The number of nitrogens with zero attached hydrogens (tertiary/aromatic N) is 2. The molecule has 0 saturated carbocycles. The molecule has 2 rings (SSSR count). The lowest BCUT2D eigenvalue weighted by molar-refractivity contribution is 0.416. The van der Waals surface area contributed by atoms with Crippen LogP contribution in [-0.4, -0.2) is 7.11 Å². The third kappa shape index (κ3) is 3.07. The molecule has 20 heavy (non-hydrogen) atoms. The van der Waals surface area contributed by atoms with Crippen LogP contribution in [0, 0.1) is 22.7 Å². The molecule has 0 aromatic heterocycles. The van der Waals surface area contributed by atoms with Crippen LogP contribution in [-0.2, 0) is 6.54 Å². The molecular formula is C16H13N3O. The SMILES string of the molecule is COc1cc(C#N)ccc1NCc1cccc(C#N)c1. The fourth-order valence-corrected chi connectivity index (χ4v) is 1.85. The van der Waals surface area contributed by atoms with Gasteiger partial charge in [-0.3, -0.25) is 0 Å². The maximum absolute atomic E-state index is 8.87. The summed E-state index contributed by atoms with van der Waals surface area (Å²) < 4.78 is 5.26. The number of anilines is 1. The molecule has 0 aliphatic carbocycles. The average Bonchev–Trinajstić information content (AvgIpc) is 2.52. The van der Waals surface area contributed by atoms with Crippen LogP contribution in [0.5, 0.6) is 5.75 Å². The normalized spacial score (nSPS) is 9.35. The number of ether oxygens (including phenoxy) is 1. The molecule has 0 aliphatic heterocycles. The van der Waals surface area contributed by atoms with Gasteiger partial charge < -0.3 is 10.1 Å². The van der Waals surface area contributed by atoms with E-state index in [-0.39, 0.29) is 0 Å². The Hall–Kier alpha value is -2.98. The molecule has 0 radical (unpaired) electrons. The Morgan fingerprint density at radius 2 is 1.80 bits per heavy atom. The van der Waals surface area contributed by atoms with Gasteiger partial charge in [-0.1, -0.05) is 12.1 Å². The molecule has 0 spiro atoms. The van der Waals surface area contributed by atoms with Gasteiger partial charge in [0.05, 0.1) is 36.1 Å². The van der Waals surface area contributed by atoms with Crippen LogP contribution in [0.1, 0.15) is 16.7 Å². The second-order valence-electron chi connectivity index (χ2n) is 4.19. The molecule has 0 saturated heterocycles. The van der Waals surface area contributed by atoms with Crippen molar-refractivity contribution < 1.29 is 4.74 Å². The zero-order valence-electron chi connectivity index (χ0n) is 11.1. The molecule has 0 unspecified atom stereocenters. The summed E-state index contributed by atoms with van der Waals surface area (Å²) in [6, 6.07) is 16.8. The molecular weight excluding hydrogens is 250 g/mol. The van der Waals surface area contributed by atoms with E-state index < -0.39 is 0 Å². The van der Waals surface area contributed by atoms with E-state index in [2.05, 4.69) is 17.5 Å². The van der Waals surface area contributed by atoms with Crippen molar-refractivity contribution in [3.05, 3.63) is 59.2 Å². The molecule has 98 valence electrons. The summed E-state index contributed by atoms with van der Waals surface area (Å²) in [5.74, 6) is 0.625. The lowest BCUT2D eigenvalue weighted by Crippen LogP contribution is -2.01. The predicted molar refractivity (Wildman–Crippen MR) is 76.2 cm³/mol. The highest BCUT2D eigenvalue weighted by atomic mass is 16.5. The highest BCUT2D eigenvalue weighted by Gasteiger charge is 2.04. The van der Waals surface area contributed by atoms with E-state index in [1.54, 1.807) is 25.3 Å². The van der Waals surface area contributed by atoms with Crippen molar-refractivity contribution in [3.8, 4) is 17.9 Å². The van der Waals surface area contributed by atoms with Crippen LogP contribution in [0.4, 0.5) is 5.69 Å². The molecule has 4 heteroatoms. The molecule has 0 fully saturated rings. The van der Waals surface area contributed by atoms with Gasteiger partial charge >= 0.3 is 0 Å². The fraction of sp³-hybridized carbons (Fsp3) is 0.125. The zero-order valence-corrected chi connectivity index (χ0v) is 11.1. The topological polar surface area (TPSA) is 68.8 Å². The van der Waals surface area contributed by atoms with Gasteiger partial charge in [0.15, 0.2) is 0 Å². The van der Waals surface area contributed by atoms with E-state index in [9.17, 15) is 0 Å². The number of hydrogen-bond donors (Lipinski definition) is 1. The molecule has 0 amide bonds. The van der Waals surface area contributed by atoms with Crippen LogP contribution < -0.4 is 10.1 Å². The first-order valence-corrected chi connectivity index (χ1v) is 6.08. The molecule has 0 aliphatic rings. The molecule has 2 aromatic rings. The Bertz CT molecular complexity index is 696. The smallest absolute Gasteiger partial charge is 0.143 e. The predicted octanol–water partition coefficient (Wildman–Crippen LogP) is 3.05. The van der Waals surface area contributed by atoms with E-state index in [1.165, 1.54) is 0 Å².